The third kappa shape index (κ3) is 4.83. The van der Waals surface area contributed by atoms with Gasteiger partial charge in [0.25, 0.3) is 5.91 Å². The van der Waals surface area contributed by atoms with Crippen molar-refractivity contribution in [3.05, 3.63) is 47.2 Å². The van der Waals surface area contributed by atoms with E-state index in [1.807, 2.05) is 0 Å². The second-order valence-corrected chi connectivity index (χ2v) is 4.95. The molecule has 0 bridgehead atoms. The monoisotopic (exact) mass is 341 g/mol. The third-order valence-corrected chi connectivity index (χ3v) is 3.01. The number of rotatable bonds is 5. The van der Waals surface area contributed by atoms with E-state index in [0.29, 0.717) is 5.76 Å². The molecule has 1 aromatic carbocycles. The van der Waals surface area contributed by atoms with Gasteiger partial charge in [-0.1, -0.05) is 5.16 Å². The molecular weight excluding hydrogens is 327 g/mol. The summed E-state index contributed by atoms with van der Waals surface area (Å²) < 4.78 is 42.1. The highest BCUT2D eigenvalue weighted by molar-refractivity contribution is 5.95. The zero-order chi connectivity index (χ0) is 17.7. The van der Waals surface area contributed by atoms with Gasteiger partial charge in [0.1, 0.15) is 5.76 Å². The molecule has 0 radical (unpaired) electrons. The first-order valence-corrected chi connectivity index (χ1v) is 6.94. The molecule has 128 valence electrons. The summed E-state index contributed by atoms with van der Waals surface area (Å²) in [4.78, 5) is 23.4. The molecule has 2 aromatic rings. The molecule has 1 heterocycles. The topological polar surface area (TPSA) is 84.2 Å². The van der Waals surface area contributed by atoms with Crippen LogP contribution in [0.2, 0.25) is 0 Å². The third-order valence-electron chi connectivity index (χ3n) is 3.01. The van der Waals surface area contributed by atoms with E-state index in [4.69, 9.17) is 4.52 Å². The minimum Gasteiger partial charge on any atom is -0.360 e. The van der Waals surface area contributed by atoms with Gasteiger partial charge in [-0.05, 0) is 31.2 Å². The van der Waals surface area contributed by atoms with Crippen molar-refractivity contribution in [2.75, 3.05) is 11.9 Å². The summed E-state index contributed by atoms with van der Waals surface area (Å²) >= 11 is 0. The Hall–Kier alpha value is -2.84. The first kappa shape index (κ1) is 17.5. The van der Waals surface area contributed by atoms with Crippen LogP contribution >= 0.6 is 0 Å². The molecule has 0 saturated heterocycles. The van der Waals surface area contributed by atoms with E-state index in [0.717, 1.165) is 24.3 Å². The number of aryl methyl sites for hydroxylation is 1. The van der Waals surface area contributed by atoms with E-state index >= 15 is 0 Å². The number of carbonyl (C=O) groups excluding carboxylic acids is 2. The number of amides is 2. The van der Waals surface area contributed by atoms with Crippen LogP contribution in [-0.2, 0) is 11.0 Å². The van der Waals surface area contributed by atoms with Gasteiger partial charge in [0.2, 0.25) is 5.91 Å². The lowest BCUT2D eigenvalue weighted by Crippen LogP contribution is -2.27. The van der Waals surface area contributed by atoms with Crippen molar-refractivity contribution in [2.45, 2.75) is 19.5 Å². The molecule has 2 rings (SSSR count). The maximum atomic E-state index is 12.4. The van der Waals surface area contributed by atoms with Gasteiger partial charge in [0.05, 0.1) is 5.56 Å². The van der Waals surface area contributed by atoms with Gasteiger partial charge in [-0.25, -0.2) is 0 Å². The van der Waals surface area contributed by atoms with E-state index < -0.39 is 17.6 Å². The number of carbonyl (C=O) groups is 2. The number of benzene rings is 1. The average Bonchev–Trinajstić information content (AvgIpc) is 2.91. The van der Waals surface area contributed by atoms with E-state index in [1.54, 1.807) is 13.0 Å². The molecule has 2 N–H and O–H groups in total. The summed E-state index contributed by atoms with van der Waals surface area (Å²) in [6.45, 7) is 1.70. The van der Waals surface area contributed by atoms with Gasteiger partial charge < -0.3 is 15.2 Å². The molecule has 0 aliphatic rings. The molecule has 0 saturated carbocycles. The highest BCUT2D eigenvalue weighted by Gasteiger charge is 2.30. The Balaban J connectivity index is 1.79. The zero-order valence-corrected chi connectivity index (χ0v) is 12.6. The molecule has 24 heavy (non-hydrogen) atoms. The Morgan fingerprint density at radius 3 is 2.42 bits per heavy atom. The Bertz CT molecular complexity index is 724. The standard InChI is InChI=1S/C15H14F3N3O3/c1-9-8-12(21-24-9)20-13(22)6-7-19-14(23)10-2-4-11(5-3-10)15(16,17)18/h2-5,8H,6-7H2,1H3,(H,19,23)(H,20,21,22). The number of nitrogens with one attached hydrogen (secondary N) is 2. The minimum absolute atomic E-state index is 0.0156. The zero-order valence-electron chi connectivity index (χ0n) is 12.6. The first-order valence-electron chi connectivity index (χ1n) is 6.94. The van der Waals surface area contributed by atoms with Crippen LogP contribution in [0.15, 0.2) is 34.9 Å². The molecule has 0 spiro atoms. The molecule has 1 aromatic heterocycles. The summed E-state index contributed by atoms with van der Waals surface area (Å²) in [6, 6.07) is 5.36. The van der Waals surface area contributed by atoms with Crippen molar-refractivity contribution >= 4 is 17.6 Å². The lowest BCUT2D eigenvalue weighted by atomic mass is 10.1. The molecule has 0 aliphatic carbocycles. The number of nitrogens with zero attached hydrogens (tertiary/aromatic N) is 1. The van der Waals surface area contributed by atoms with Crippen molar-refractivity contribution < 1.29 is 27.3 Å². The molecule has 6 nitrogen and oxygen atoms in total. The number of hydrogen-bond acceptors (Lipinski definition) is 4. The number of aromatic nitrogens is 1. The van der Waals surface area contributed by atoms with Gasteiger partial charge in [-0.15, -0.1) is 0 Å². The highest BCUT2D eigenvalue weighted by Crippen LogP contribution is 2.29. The largest absolute Gasteiger partial charge is 0.416 e. The number of alkyl halides is 3. The smallest absolute Gasteiger partial charge is 0.360 e. The minimum atomic E-state index is -4.45. The van der Waals surface area contributed by atoms with Gasteiger partial charge in [-0.3, -0.25) is 9.59 Å². The van der Waals surface area contributed by atoms with E-state index in [9.17, 15) is 22.8 Å². The Kier molecular flexibility index (Phi) is 5.22. The number of anilines is 1. The molecule has 0 aliphatic heterocycles. The van der Waals surface area contributed by atoms with Crippen molar-refractivity contribution in [1.82, 2.24) is 10.5 Å². The fraction of sp³-hybridized carbons (Fsp3) is 0.267. The average molecular weight is 341 g/mol. The Morgan fingerprint density at radius 2 is 1.88 bits per heavy atom. The van der Waals surface area contributed by atoms with Crippen molar-refractivity contribution in [1.29, 1.82) is 0 Å². The van der Waals surface area contributed by atoms with Gasteiger partial charge in [0.15, 0.2) is 5.82 Å². The number of hydrogen-bond donors (Lipinski definition) is 2. The van der Waals surface area contributed by atoms with E-state index in [2.05, 4.69) is 15.8 Å². The van der Waals surface area contributed by atoms with Crippen LogP contribution in [0.1, 0.15) is 28.1 Å². The Labute approximate surface area is 135 Å². The van der Waals surface area contributed by atoms with E-state index in [1.165, 1.54) is 0 Å². The van der Waals surface area contributed by atoms with Crippen molar-refractivity contribution in [2.24, 2.45) is 0 Å². The predicted molar refractivity (Wildman–Crippen MR) is 78.3 cm³/mol. The van der Waals surface area contributed by atoms with Crippen LogP contribution < -0.4 is 10.6 Å². The van der Waals surface area contributed by atoms with Crippen LogP contribution in [0.25, 0.3) is 0 Å². The summed E-state index contributed by atoms with van der Waals surface area (Å²) in [6.07, 6.45) is -4.47. The molecule has 0 unspecified atom stereocenters. The van der Waals surface area contributed by atoms with Crippen molar-refractivity contribution in [3.8, 4) is 0 Å². The summed E-state index contributed by atoms with van der Waals surface area (Å²) in [5.74, 6) is -0.128. The van der Waals surface area contributed by atoms with Crippen LogP contribution in [-0.4, -0.2) is 23.5 Å². The number of halogens is 3. The first-order chi connectivity index (χ1) is 11.3. The lowest BCUT2D eigenvalue weighted by Gasteiger charge is -2.08. The maximum Gasteiger partial charge on any atom is 0.416 e. The van der Waals surface area contributed by atoms with Gasteiger partial charge in [0, 0.05) is 24.6 Å². The SMILES string of the molecule is Cc1cc(NC(=O)CCNC(=O)c2ccc(C(F)(F)F)cc2)no1. The molecule has 9 heteroatoms. The van der Waals surface area contributed by atoms with Crippen LogP contribution in [0.4, 0.5) is 19.0 Å². The molecule has 0 atom stereocenters. The fourth-order valence-electron chi connectivity index (χ4n) is 1.83. The second-order valence-electron chi connectivity index (χ2n) is 4.95. The quantitative estimate of drug-likeness (QED) is 0.876. The Morgan fingerprint density at radius 1 is 1.21 bits per heavy atom. The maximum absolute atomic E-state index is 12.4. The second kappa shape index (κ2) is 7.16. The summed E-state index contributed by atoms with van der Waals surface area (Å²) in [5, 5.41) is 8.52. The van der Waals surface area contributed by atoms with E-state index in [-0.39, 0.29) is 30.3 Å². The summed E-state index contributed by atoms with van der Waals surface area (Å²) in [5.41, 5.74) is -0.753. The van der Waals surface area contributed by atoms with Gasteiger partial charge in [-0.2, -0.15) is 13.2 Å². The predicted octanol–water partition coefficient (Wildman–Crippen LogP) is 2.76. The van der Waals surface area contributed by atoms with Crippen LogP contribution in [0, 0.1) is 6.92 Å². The summed E-state index contributed by atoms with van der Waals surface area (Å²) in [7, 11) is 0. The van der Waals surface area contributed by atoms with Crippen molar-refractivity contribution in [3.63, 3.8) is 0 Å². The molecule has 2 amide bonds. The molecular formula is C15H14F3N3O3. The van der Waals surface area contributed by atoms with Crippen LogP contribution in [0.3, 0.4) is 0 Å². The highest BCUT2D eigenvalue weighted by atomic mass is 19.4. The lowest BCUT2D eigenvalue weighted by molar-refractivity contribution is -0.137. The molecule has 0 fully saturated rings. The normalized spacial score (nSPS) is 11.2. The fourth-order valence-corrected chi connectivity index (χ4v) is 1.83. The van der Waals surface area contributed by atoms with Gasteiger partial charge >= 0.3 is 6.18 Å². The van der Waals surface area contributed by atoms with Crippen LogP contribution in [0.5, 0.6) is 0 Å².